The lowest BCUT2D eigenvalue weighted by molar-refractivity contribution is -0.118. The minimum absolute atomic E-state index is 0.0751. The lowest BCUT2D eigenvalue weighted by Gasteiger charge is -2.07. The van der Waals surface area contributed by atoms with E-state index >= 15 is 0 Å². The van der Waals surface area contributed by atoms with Crippen LogP contribution >= 0.6 is 11.8 Å². The van der Waals surface area contributed by atoms with Crippen LogP contribution in [0.15, 0.2) is 42.7 Å². The number of benzene rings is 1. The van der Waals surface area contributed by atoms with Gasteiger partial charge in [-0.2, -0.15) is 0 Å². The maximum absolute atomic E-state index is 13.2. The van der Waals surface area contributed by atoms with Crippen LogP contribution in [0.5, 0.6) is 0 Å². The minimum atomic E-state index is -0.439. The molecule has 0 radical (unpaired) electrons. The summed E-state index contributed by atoms with van der Waals surface area (Å²) in [5.41, 5.74) is 2.12. The topological polar surface area (TPSA) is 62.2 Å². The van der Waals surface area contributed by atoms with Crippen LogP contribution in [-0.4, -0.2) is 21.8 Å². The number of hydrogen-bond acceptors (Lipinski definition) is 4. The molecule has 0 unspecified atom stereocenters. The number of halogens is 1. The Morgan fingerprint density at radius 1 is 1.23 bits per heavy atom. The molecule has 2 N–H and O–H groups in total. The highest BCUT2D eigenvalue weighted by Gasteiger charge is 2.05. The molecule has 0 saturated heterocycles. The van der Waals surface area contributed by atoms with E-state index in [1.807, 2.05) is 12.1 Å². The fraction of sp³-hybridized carbons (Fsp3) is 0.250. The van der Waals surface area contributed by atoms with Gasteiger partial charge in [0.15, 0.2) is 0 Å². The summed E-state index contributed by atoms with van der Waals surface area (Å²) in [6.45, 7) is -0.0304. The fourth-order valence-electron chi connectivity index (χ4n) is 1.85. The zero-order valence-electron chi connectivity index (χ0n) is 12.0. The average molecular weight is 320 g/mol. The Balaban J connectivity index is 1.73. The molecule has 0 spiro atoms. The van der Waals surface area contributed by atoms with Crippen molar-refractivity contribution in [2.75, 3.05) is 5.75 Å². The number of aromatic nitrogens is 1. The van der Waals surface area contributed by atoms with E-state index in [0.29, 0.717) is 12.3 Å². The maximum Gasteiger partial charge on any atom is 0.230 e. The summed E-state index contributed by atoms with van der Waals surface area (Å²) in [5, 5.41) is 11.8. The SMILES string of the molecule is O=C(CSCc1ccncc1)NCc1ccc(F)c(CO)c1. The van der Waals surface area contributed by atoms with Crippen LogP contribution in [0.3, 0.4) is 0 Å². The predicted octanol–water partition coefficient (Wildman–Crippen LogP) is 2.26. The van der Waals surface area contributed by atoms with E-state index in [-0.39, 0.29) is 18.1 Å². The molecule has 0 atom stereocenters. The van der Waals surface area contributed by atoms with Crippen molar-refractivity contribution in [2.45, 2.75) is 18.9 Å². The molecule has 0 aliphatic rings. The summed E-state index contributed by atoms with van der Waals surface area (Å²) in [6, 6.07) is 8.28. The van der Waals surface area contributed by atoms with E-state index in [0.717, 1.165) is 16.9 Å². The predicted molar refractivity (Wildman–Crippen MR) is 84.6 cm³/mol. The zero-order valence-corrected chi connectivity index (χ0v) is 12.8. The van der Waals surface area contributed by atoms with Gasteiger partial charge in [-0.3, -0.25) is 9.78 Å². The van der Waals surface area contributed by atoms with Crippen molar-refractivity contribution < 1.29 is 14.3 Å². The third-order valence-electron chi connectivity index (χ3n) is 3.02. The first kappa shape index (κ1) is 16.5. The van der Waals surface area contributed by atoms with Gasteiger partial charge < -0.3 is 10.4 Å². The number of nitrogens with zero attached hydrogens (tertiary/aromatic N) is 1. The normalized spacial score (nSPS) is 10.5. The average Bonchev–Trinajstić information content (AvgIpc) is 2.55. The molecule has 116 valence electrons. The number of pyridine rings is 1. The number of aliphatic hydroxyl groups is 1. The van der Waals surface area contributed by atoms with Crippen molar-refractivity contribution in [1.82, 2.24) is 10.3 Å². The first-order valence-corrected chi connectivity index (χ1v) is 7.96. The summed E-state index contributed by atoms with van der Waals surface area (Å²) >= 11 is 1.52. The number of carbonyl (C=O) groups is 1. The summed E-state index contributed by atoms with van der Waals surface area (Å²) in [7, 11) is 0. The minimum Gasteiger partial charge on any atom is -0.392 e. The zero-order chi connectivity index (χ0) is 15.8. The molecule has 4 nitrogen and oxygen atoms in total. The Morgan fingerprint density at radius 2 is 2.00 bits per heavy atom. The number of amides is 1. The lowest BCUT2D eigenvalue weighted by Crippen LogP contribution is -2.24. The Hall–Kier alpha value is -1.92. The van der Waals surface area contributed by atoms with Crippen molar-refractivity contribution in [3.63, 3.8) is 0 Å². The molecule has 1 amide bonds. The van der Waals surface area contributed by atoms with Gasteiger partial charge in [-0.05, 0) is 35.4 Å². The molecule has 0 aliphatic heterocycles. The van der Waals surface area contributed by atoms with Gasteiger partial charge in [0.25, 0.3) is 0 Å². The molecule has 0 bridgehead atoms. The molecule has 0 fully saturated rings. The molecule has 2 rings (SSSR count). The fourth-order valence-corrected chi connectivity index (χ4v) is 2.67. The smallest absolute Gasteiger partial charge is 0.230 e. The van der Waals surface area contributed by atoms with Crippen LogP contribution in [0, 0.1) is 5.82 Å². The molecule has 0 aliphatic carbocycles. The van der Waals surface area contributed by atoms with Crippen LogP contribution in [0.25, 0.3) is 0 Å². The molecule has 0 saturated carbocycles. The number of thioether (sulfide) groups is 1. The van der Waals surface area contributed by atoms with Crippen molar-refractivity contribution >= 4 is 17.7 Å². The van der Waals surface area contributed by atoms with Crippen molar-refractivity contribution in [1.29, 1.82) is 0 Å². The van der Waals surface area contributed by atoms with Crippen LogP contribution in [-0.2, 0) is 23.7 Å². The molecule has 1 heterocycles. The van der Waals surface area contributed by atoms with Gasteiger partial charge in [-0.1, -0.05) is 6.07 Å². The highest BCUT2D eigenvalue weighted by atomic mass is 32.2. The number of nitrogens with one attached hydrogen (secondary N) is 1. The van der Waals surface area contributed by atoms with Gasteiger partial charge in [-0.15, -0.1) is 11.8 Å². The molecule has 6 heteroatoms. The molecule has 1 aromatic heterocycles. The Morgan fingerprint density at radius 3 is 2.73 bits per heavy atom. The molecular formula is C16H17FN2O2S. The Kier molecular flexibility index (Phi) is 6.36. The van der Waals surface area contributed by atoms with Gasteiger partial charge >= 0.3 is 0 Å². The maximum atomic E-state index is 13.2. The van der Waals surface area contributed by atoms with Crippen molar-refractivity contribution in [2.24, 2.45) is 0 Å². The number of hydrogen-bond donors (Lipinski definition) is 2. The monoisotopic (exact) mass is 320 g/mol. The third kappa shape index (κ3) is 5.13. The second-order valence-electron chi connectivity index (χ2n) is 4.71. The summed E-state index contributed by atoms with van der Waals surface area (Å²) in [4.78, 5) is 15.7. The first-order chi connectivity index (χ1) is 10.7. The van der Waals surface area contributed by atoms with Gasteiger partial charge in [0, 0.05) is 30.3 Å². The van der Waals surface area contributed by atoms with Gasteiger partial charge in [0.1, 0.15) is 5.82 Å². The summed E-state index contributed by atoms with van der Waals surface area (Å²) < 4.78 is 13.2. The molecular weight excluding hydrogens is 303 g/mol. The van der Waals surface area contributed by atoms with E-state index in [4.69, 9.17) is 5.11 Å². The number of carbonyl (C=O) groups excluding carboxylic acids is 1. The van der Waals surface area contributed by atoms with E-state index in [9.17, 15) is 9.18 Å². The Bertz CT molecular complexity index is 623. The number of aliphatic hydroxyl groups excluding tert-OH is 1. The van der Waals surface area contributed by atoms with Crippen LogP contribution in [0.4, 0.5) is 4.39 Å². The first-order valence-electron chi connectivity index (χ1n) is 6.80. The van der Waals surface area contributed by atoms with E-state index in [1.165, 1.54) is 17.8 Å². The van der Waals surface area contributed by atoms with Crippen LogP contribution in [0.2, 0.25) is 0 Å². The molecule has 1 aromatic carbocycles. The van der Waals surface area contributed by atoms with Gasteiger partial charge in [-0.25, -0.2) is 4.39 Å². The quantitative estimate of drug-likeness (QED) is 0.821. The van der Waals surface area contributed by atoms with E-state index < -0.39 is 5.82 Å². The summed E-state index contributed by atoms with van der Waals surface area (Å²) in [6.07, 6.45) is 3.45. The van der Waals surface area contributed by atoms with Crippen molar-refractivity contribution in [3.8, 4) is 0 Å². The second-order valence-corrected chi connectivity index (χ2v) is 5.69. The summed E-state index contributed by atoms with van der Waals surface area (Å²) in [5.74, 6) is 0.594. The highest BCUT2D eigenvalue weighted by molar-refractivity contribution is 7.99. The van der Waals surface area contributed by atoms with E-state index in [2.05, 4.69) is 10.3 Å². The van der Waals surface area contributed by atoms with Gasteiger partial charge in [0.05, 0.1) is 12.4 Å². The third-order valence-corrected chi connectivity index (χ3v) is 4.03. The molecule has 2 aromatic rings. The van der Waals surface area contributed by atoms with E-state index in [1.54, 1.807) is 24.5 Å². The largest absolute Gasteiger partial charge is 0.392 e. The molecule has 22 heavy (non-hydrogen) atoms. The highest BCUT2D eigenvalue weighted by Crippen LogP contribution is 2.12. The second kappa shape index (κ2) is 8.51. The standard InChI is InChI=1S/C16H17FN2O2S/c17-15-2-1-13(7-14(15)9-20)8-19-16(21)11-22-10-12-3-5-18-6-4-12/h1-7,20H,8-11H2,(H,19,21). The van der Waals surface area contributed by atoms with Gasteiger partial charge in [0.2, 0.25) is 5.91 Å². The van der Waals surface area contributed by atoms with Crippen LogP contribution in [0.1, 0.15) is 16.7 Å². The Labute approximate surface area is 132 Å². The van der Waals surface area contributed by atoms with Crippen molar-refractivity contribution in [3.05, 3.63) is 65.2 Å². The van der Waals surface area contributed by atoms with Crippen LogP contribution < -0.4 is 5.32 Å². The lowest BCUT2D eigenvalue weighted by atomic mass is 10.1. The number of rotatable bonds is 7.